The van der Waals surface area contributed by atoms with E-state index in [4.69, 9.17) is 11.2 Å². The van der Waals surface area contributed by atoms with Crippen LogP contribution < -0.4 is 10.1 Å². The number of carbonyl (C=O) groups excluding carboxylic acids is 1. The molecular weight excluding hydrogens is 403 g/mol. The van der Waals surface area contributed by atoms with E-state index in [0.717, 1.165) is 37.8 Å². The Morgan fingerprint density at radius 3 is 2.59 bits per heavy atom. The summed E-state index contributed by atoms with van der Waals surface area (Å²) in [6, 6.07) is 1.97. The zero-order valence-corrected chi connectivity index (χ0v) is 14.0. The molecule has 0 saturated heterocycles. The highest BCUT2D eigenvalue weighted by Crippen LogP contribution is 2.26. The third kappa shape index (κ3) is 4.09. The molecule has 1 fully saturated rings. The summed E-state index contributed by atoms with van der Waals surface area (Å²) in [6.45, 7) is -0.238. The summed E-state index contributed by atoms with van der Waals surface area (Å²) in [7, 11) is 0. The molecule has 3 nitrogen and oxygen atoms in total. The molecule has 0 radical (unpaired) electrons. The molecule has 2 atom stereocenters. The first-order valence-corrected chi connectivity index (χ1v) is 8.27. The molecule has 0 heterocycles. The maximum atomic E-state index is 13.8. The molecule has 0 aliphatic heterocycles. The fourth-order valence-corrected chi connectivity index (χ4v) is 3.42. The molecule has 1 aromatic rings. The Balaban J connectivity index is 2.11. The normalized spacial score (nSPS) is 21.0. The van der Waals surface area contributed by atoms with Crippen LogP contribution in [0.1, 0.15) is 36.0 Å². The van der Waals surface area contributed by atoms with Gasteiger partial charge in [0.15, 0.2) is 17.4 Å². The number of benzene rings is 1. The highest BCUT2D eigenvalue weighted by molar-refractivity contribution is 14.1. The van der Waals surface area contributed by atoms with E-state index in [1.54, 1.807) is 0 Å². The van der Waals surface area contributed by atoms with Crippen molar-refractivity contribution in [3.63, 3.8) is 0 Å². The number of alkyl halides is 1. The van der Waals surface area contributed by atoms with Gasteiger partial charge in [-0.25, -0.2) is 8.78 Å². The van der Waals surface area contributed by atoms with Crippen LogP contribution in [0.25, 0.3) is 0 Å². The molecule has 1 aromatic carbocycles. The number of amides is 1. The Labute approximate surface area is 141 Å². The highest BCUT2D eigenvalue weighted by atomic mass is 127. The number of terminal acetylenes is 1. The average Bonchev–Trinajstić information content (AvgIpc) is 2.48. The van der Waals surface area contributed by atoms with Crippen LogP contribution in [-0.4, -0.2) is 22.5 Å². The van der Waals surface area contributed by atoms with Gasteiger partial charge in [0.2, 0.25) is 0 Å². The van der Waals surface area contributed by atoms with Crippen LogP contribution in [0.4, 0.5) is 8.78 Å². The van der Waals surface area contributed by atoms with Gasteiger partial charge in [0, 0.05) is 15.5 Å². The number of ether oxygens (including phenoxy) is 1. The first-order chi connectivity index (χ1) is 10.5. The summed E-state index contributed by atoms with van der Waals surface area (Å²) in [6.07, 6.45) is 9.10. The van der Waals surface area contributed by atoms with Gasteiger partial charge >= 0.3 is 0 Å². The minimum atomic E-state index is -0.935. The summed E-state index contributed by atoms with van der Waals surface area (Å²) in [5.74, 6) is -0.772. The van der Waals surface area contributed by atoms with E-state index < -0.39 is 23.3 Å². The molecule has 1 N–H and O–H groups in total. The SMILES string of the molecule is C#CCOc1c(F)cc(C(=O)N[C@@H]2CCCC[C@H]2I)cc1F. The molecular formula is C16H16F2INO2. The molecule has 1 aliphatic rings. The van der Waals surface area contributed by atoms with Crippen molar-refractivity contribution in [2.75, 3.05) is 6.61 Å². The minimum absolute atomic E-state index is 0.0327. The van der Waals surface area contributed by atoms with Crippen LogP contribution >= 0.6 is 22.6 Å². The lowest BCUT2D eigenvalue weighted by Crippen LogP contribution is -2.42. The third-order valence-corrected chi connectivity index (χ3v) is 5.05. The second kappa shape index (κ2) is 7.77. The summed E-state index contributed by atoms with van der Waals surface area (Å²) >= 11 is 2.30. The van der Waals surface area contributed by atoms with E-state index in [1.807, 2.05) is 0 Å². The molecule has 1 amide bonds. The maximum Gasteiger partial charge on any atom is 0.251 e. The van der Waals surface area contributed by atoms with Gasteiger partial charge in [-0.1, -0.05) is 41.4 Å². The van der Waals surface area contributed by atoms with Crippen LogP contribution in [-0.2, 0) is 0 Å². The second-order valence-electron chi connectivity index (χ2n) is 5.14. The second-order valence-corrected chi connectivity index (χ2v) is 6.74. The summed E-state index contributed by atoms with van der Waals surface area (Å²) in [4.78, 5) is 12.2. The van der Waals surface area contributed by atoms with Gasteiger partial charge in [0.25, 0.3) is 5.91 Å². The van der Waals surface area contributed by atoms with E-state index in [-0.39, 0.29) is 18.2 Å². The van der Waals surface area contributed by atoms with Crippen molar-refractivity contribution in [2.24, 2.45) is 0 Å². The van der Waals surface area contributed by atoms with E-state index in [2.05, 4.69) is 33.8 Å². The number of hydrogen-bond acceptors (Lipinski definition) is 2. The highest BCUT2D eigenvalue weighted by Gasteiger charge is 2.25. The van der Waals surface area contributed by atoms with E-state index in [1.165, 1.54) is 0 Å². The van der Waals surface area contributed by atoms with Crippen LogP contribution in [0.5, 0.6) is 5.75 Å². The maximum absolute atomic E-state index is 13.8. The van der Waals surface area contributed by atoms with Crippen molar-refractivity contribution in [3.8, 4) is 18.1 Å². The molecule has 1 saturated carbocycles. The molecule has 6 heteroatoms. The van der Waals surface area contributed by atoms with E-state index in [9.17, 15) is 13.6 Å². The predicted octanol–water partition coefficient (Wildman–Crippen LogP) is 3.45. The Bertz CT molecular complexity index is 577. The lowest BCUT2D eigenvalue weighted by molar-refractivity contribution is 0.0929. The van der Waals surface area contributed by atoms with Crippen molar-refractivity contribution in [3.05, 3.63) is 29.3 Å². The number of rotatable bonds is 4. The molecule has 1 aliphatic carbocycles. The van der Waals surface area contributed by atoms with Crippen LogP contribution in [0.2, 0.25) is 0 Å². The predicted molar refractivity (Wildman–Crippen MR) is 88.2 cm³/mol. The van der Waals surface area contributed by atoms with Gasteiger partial charge in [0.05, 0.1) is 0 Å². The van der Waals surface area contributed by atoms with Gasteiger partial charge < -0.3 is 10.1 Å². The lowest BCUT2D eigenvalue weighted by Gasteiger charge is -2.28. The fraction of sp³-hybridized carbons (Fsp3) is 0.438. The topological polar surface area (TPSA) is 38.3 Å². The van der Waals surface area contributed by atoms with Crippen molar-refractivity contribution < 1.29 is 18.3 Å². The monoisotopic (exact) mass is 419 g/mol. The van der Waals surface area contributed by atoms with Gasteiger partial charge in [0.1, 0.15) is 6.61 Å². The number of carbonyl (C=O) groups is 1. The minimum Gasteiger partial charge on any atom is -0.475 e. The molecule has 2 rings (SSSR count). The molecule has 22 heavy (non-hydrogen) atoms. The molecule has 0 bridgehead atoms. The number of nitrogens with one attached hydrogen (secondary N) is 1. The van der Waals surface area contributed by atoms with E-state index in [0.29, 0.717) is 3.92 Å². The average molecular weight is 419 g/mol. The molecule has 118 valence electrons. The van der Waals surface area contributed by atoms with Crippen LogP contribution in [0.15, 0.2) is 12.1 Å². The standard InChI is InChI=1S/C16H16F2INO2/c1-2-7-22-15-11(17)8-10(9-12(15)18)16(21)20-14-6-4-3-5-13(14)19/h1,8-9,13-14H,3-7H2,(H,20,21)/t13-,14-/m1/s1. The molecule has 0 spiro atoms. The van der Waals surface area contributed by atoms with E-state index >= 15 is 0 Å². The zero-order valence-electron chi connectivity index (χ0n) is 11.9. The Morgan fingerprint density at radius 2 is 2.00 bits per heavy atom. The van der Waals surface area contributed by atoms with Crippen LogP contribution in [0.3, 0.4) is 0 Å². The third-order valence-electron chi connectivity index (χ3n) is 3.56. The number of halogens is 3. The Morgan fingerprint density at radius 1 is 1.36 bits per heavy atom. The molecule has 0 unspecified atom stereocenters. The number of hydrogen-bond donors (Lipinski definition) is 1. The summed E-state index contributed by atoms with van der Waals surface area (Å²) in [5, 5.41) is 2.85. The lowest BCUT2D eigenvalue weighted by atomic mass is 9.95. The fourth-order valence-electron chi connectivity index (χ4n) is 2.44. The van der Waals surface area contributed by atoms with Gasteiger partial charge in [-0.2, -0.15) is 0 Å². The zero-order chi connectivity index (χ0) is 16.1. The van der Waals surface area contributed by atoms with Crippen molar-refractivity contribution in [1.82, 2.24) is 5.32 Å². The first kappa shape index (κ1) is 17.0. The largest absolute Gasteiger partial charge is 0.475 e. The van der Waals surface area contributed by atoms with Gasteiger partial charge in [-0.15, -0.1) is 6.42 Å². The van der Waals surface area contributed by atoms with Crippen molar-refractivity contribution >= 4 is 28.5 Å². The Hall–Kier alpha value is -1.36. The van der Waals surface area contributed by atoms with Crippen molar-refractivity contribution in [2.45, 2.75) is 35.6 Å². The van der Waals surface area contributed by atoms with Gasteiger partial charge in [-0.3, -0.25) is 4.79 Å². The molecule has 0 aromatic heterocycles. The Kier molecular flexibility index (Phi) is 6.00. The van der Waals surface area contributed by atoms with Gasteiger partial charge in [-0.05, 0) is 25.0 Å². The smallest absolute Gasteiger partial charge is 0.251 e. The van der Waals surface area contributed by atoms with Crippen molar-refractivity contribution in [1.29, 1.82) is 0 Å². The summed E-state index contributed by atoms with van der Waals surface area (Å²) in [5.41, 5.74) is -0.0581. The van der Waals surface area contributed by atoms with Crippen LogP contribution in [0, 0.1) is 24.0 Å². The first-order valence-electron chi connectivity index (χ1n) is 7.03. The summed E-state index contributed by atoms with van der Waals surface area (Å²) < 4.78 is 32.8. The quantitative estimate of drug-likeness (QED) is 0.462.